The molecule has 0 bridgehead atoms. The van der Waals surface area contributed by atoms with Crippen LogP contribution in [0.4, 0.5) is 13.2 Å². The van der Waals surface area contributed by atoms with Crippen molar-refractivity contribution in [2.75, 3.05) is 0 Å². The Bertz CT molecular complexity index is 759. The summed E-state index contributed by atoms with van der Waals surface area (Å²) in [6.45, 7) is 0.151. The molecule has 108 valence electrons. The summed E-state index contributed by atoms with van der Waals surface area (Å²) in [6.07, 6.45) is -2.82. The molecule has 0 saturated carbocycles. The van der Waals surface area contributed by atoms with Crippen molar-refractivity contribution in [3.63, 3.8) is 0 Å². The smallest absolute Gasteiger partial charge is 0.416 e. The molecule has 3 aromatic rings. The van der Waals surface area contributed by atoms with E-state index >= 15 is 0 Å². The molecule has 0 unspecified atom stereocenters. The summed E-state index contributed by atoms with van der Waals surface area (Å²) in [5.41, 5.74) is 0.792. The highest BCUT2D eigenvalue weighted by Crippen LogP contribution is 2.31. The molecule has 0 amide bonds. The molecule has 0 spiro atoms. The number of hydrogen-bond acceptors (Lipinski definition) is 2. The van der Waals surface area contributed by atoms with Crippen LogP contribution in [-0.2, 0) is 12.8 Å². The Labute approximate surface area is 118 Å². The maximum absolute atomic E-state index is 12.6. The fraction of sp³-hybridized carbons (Fsp3) is 0.125. The van der Waals surface area contributed by atoms with Gasteiger partial charge in [0.1, 0.15) is 17.9 Å². The molecule has 0 N–H and O–H groups in total. The Balaban J connectivity index is 1.79. The second kappa shape index (κ2) is 5.16. The lowest BCUT2D eigenvalue weighted by atomic mass is 10.2. The van der Waals surface area contributed by atoms with Gasteiger partial charge in [-0.15, -0.1) is 0 Å². The molecule has 1 aromatic heterocycles. The van der Waals surface area contributed by atoms with Crippen molar-refractivity contribution >= 4 is 11.0 Å². The van der Waals surface area contributed by atoms with E-state index in [4.69, 9.17) is 9.15 Å². The van der Waals surface area contributed by atoms with Crippen molar-refractivity contribution in [3.8, 4) is 5.75 Å². The van der Waals surface area contributed by atoms with Crippen molar-refractivity contribution < 1.29 is 22.3 Å². The Morgan fingerprint density at radius 2 is 1.81 bits per heavy atom. The van der Waals surface area contributed by atoms with Crippen molar-refractivity contribution in [1.29, 1.82) is 0 Å². The van der Waals surface area contributed by atoms with Crippen LogP contribution in [0.15, 0.2) is 59.2 Å². The number of para-hydroxylation sites is 1. The van der Waals surface area contributed by atoms with Crippen LogP contribution in [0.5, 0.6) is 5.75 Å². The minimum atomic E-state index is -4.37. The molecule has 0 radical (unpaired) electrons. The van der Waals surface area contributed by atoms with Crippen LogP contribution in [0.2, 0.25) is 0 Å². The number of ether oxygens (including phenoxy) is 1. The first-order valence-corrected chi connectivity index (χ1v) is 6.29. The van der Waals surface area contributed by atoms with Crippen LogP contribution >= 0.6 is 0 Å². The van der Waals surface area contributed by atoms with Gasteiger partial charge in [-0.25, -0.2) is 0 Å². The number of rotatable bonds is 3. The lowest BCUT2D eigenvalue weighted by molar-refractivity contribution is -0.137. The van der Waals surface area contributed by atoms with Gasteiger partial charge in [0.25, 0.3) is 0 Å². The van der Waals surface area contributed by atoms with E-state index in [1.54, 1.807) is 6.26 Å². The summed E-state index contributed by atoms with van der Waals surface area (Å²) >= 11 is 0. The summed E-state index contributed by atoms with van der Waals surface area (Å²) in [4.78, 5) is 0. The number of furan rings is 1. The van der Waals surface area contributed by atoms with Crippen LogP contribution in [0, 0.1) is 0 Å². The van der Waals surface area contributed by atoms with E-state index in [1.807, 2.05) is 24.3 Å². The maximum Gasteiger partial charge on any atom is 0.416 e. The zero-order chi connectivity index (χ0) is 14.9. The first kappa shape index (κ1) is 13.5. The zero-order valence-corrected chi connectivity index (χ0v) is 10.9. The average Bonchev–Trinajstić information content (AvgIpc) is 2.88. The minimum Gasteiger partial charge on any atom is -0.489 e. The van der Waals surface area contributed by atoms with Crippen molar-refractivity contribution in [2.24, 2.45) is 0 Å². The van der Waals surface area contributed by atoms with Crippen LogP contribution in [-0.4, -0.2) is 0 Å². The Morgan fingerprint density at radius 3 is 2.62 bits per heavy atom. The maximum atomic E-state index is 12.6. The Hall–Kier alpha value is -2.43. The summed E-state index contributed by atoms with van der Waals surface area (Å²) < 4.78 is 48.6. The summed E-state index contributed by atoms with van der Waals surface area (Å²) in [5, 5.41) is 0.893. The van der Waals surface area contributed by atoms with Gasteiger partial charge in [-0.2, -0.15) is 13.2 Å². The zero-order valence-electron chi connectivity index (χ0n) is 10.9. The lowest BCUT2D eigenvalue weighted by Gasteiger charge is -2.09. The highest BCUT2D eigenvalue weighted by molar-refractivity contribution is 5.80. The molecule has 1 heterocycles. The van der Waals surface area contributed by atoms with Gasteiger partial charge in [-0.05, 0) is 24.3 Å². The van der Waals surface area contributed by atoms with E-state index in [1.165, 1.54) is 12.1 Å². The molecule has 0 aliphatic heterocycles. The second-order valence-corrected chi connectivity index (χ2v) is 4.57. The fourth-order valence-electron chi connectivity index (χ4n) is 2.07. The Kier molecular flexibility index (Phi) is 3.33. The largest absolute Gasteiger partial charge is 0.489 e. The molecule has 2 nitrogen and oxygen atoms in total. The number of benzene rings is 2. The lowest BCUT2D eigenvalue weighted by Crippen LogP contribution is -2.05. The van der Waals surface area contributed by atoms with E-state index in [0.29, 0.717) is 0 Å². The van der Waals surface area contributed by atoms with Crippen LogP contribution in [0.1, 0.15) is 11.1 Å². The first-order valence-electron chi connectivity index (χ1n) is 6.29. The average molecular weight is 292 g/mol. The molecule has 3 rings (SSSR count). The molecule has 2 aromatic carbocycles. The van der Waals surface area contributed by atoms with Crippen LogP contribution in [0.25, 0.3) is 11.0 Å². The van der Waals surface area contributed by atoms with Gasteiger partial charge in [0.15, 0.2) is 0 Å². The summed E-state index contributed by atoms with van der Waals surface area (Å²) in [5.74, 6) is 0.176. The first-order chi connectivity index (χ1) is 10.0. The second-order valence-electron chi connectivity index (χ2n) is 4.57. The predicted molar refractivity (Wildman–Crippen MR) is 72.0 cm³/mol. The van der Waals surface area contributed by atoms with E-state index in [9.17, 15) is 13.2 Å². The van der Waals surface area contributed by atoms with Gasteiger partial charge in [-0.3, -0.25) is 0 Å². The molecule has 5 heteroatoms. The topological polar surface area (TPSA) is 22.4 Å². The van der Waals surface area contributed by atoms with E-state index in [-0.39, 0.29) is 12.4 Å². The molecule has 0 aliphatic rings. The van der Waals surface area contributed by atoms with E-state index in [0.717, 1.165) is 28.7 Å². The van der Waals surface area contributed by atoms with Gasteiger partial charge in [0, 0.05) is 10.9 Å². The highest BCUT2D eigenvalue weighted by Gasteiger charge is 2.30. The summed E-state index contributed by atoms with van der Waals surface area (Å²) in [7, 11) is 0. The van der Waals surface area contributed by atoms with Crippen LogP contribution in [0.3, 0.4) is 0 Å². The Morgan fingerprint density at radius 1 is 1.00 bits per heavy atom. The van der Waals surface area contributed by atoms with Gasteiger partial charge >= 0.3 is 6.18 Å². The predicted octanol–water partition coefficient (Wildman–Crippen LogP) is 5.03. The molecule has 0 aliphatic carbocycles. The monoisotopic (exact) mass is 292 g/mol. The van der Waals surface area contributed by atoms with Crippen molar-refractivity contribution in [3.05, 3.63) is 65.9 Å². The minimum absolute atomic E-state index is 0.151. The molecule has 0 atom stereocenters. The highest BCUT2D eigenvalue weighted by atomic mass is 19.4. The number of hydrogen-bond donors (Lipinski definition) is 0. The van der Waals surface area contributed by atoms with Gasteiger partial charge in [0.05, 0.1) is 11.8 Å². The summed E-state index contributed by atoms with van der Waals surface area (Å²) in [6, 6.07) is 12.2. The third kappa shape index (κ3) is 2.86. The molecular formula is C16H11F3O2. The number of halogens is 3. The molecule has 21 heavy (non-hydrogen) atoms. The van der Waals surface area contributed by atoms with Crippen molar-refractivity contribution in [1.82, 2.24) is 0 Å². The standard InChI is InChI=1S/C16H11F3O2/c17-16(18,19)12-4-3-5-13(8-12)20-9-11-10-21-15-7-2-1-6-14(11)15/h1-8,10H,9H2. The van der Waals surface area contributed by atoms with Gasteiger partial charge in [0.2, 0.25) is 0 Å². The molecular weight excluding hydrogens is 281 g/mol. The van der Waals surface area contributed by atoms with Crippen molar-refractivity contribution in [2.45, 2.75) is 12.8 Å². The SMILES string of the molecule is FC(F)(F)c1cccc(OCc2coc3ccccc23)c1. The fourth-order valence-corrected chi connectivity index (χ4v) is 2.07. The van der Waals surface area contributed by atoms with E-state index < -0.39 is 11.7 Å². The third-order valence-corrected chi connectivity index (χ3v) is 3.12. The van der Waals surface area contributed by atoms with Gasteiger partial charge < -0.3 is 9.15 Å². The molecule has 0 fully saturated rings. The molecule has 0 saturated heterocycles. The van der Waals surface area contributed by atoms with E-state index in [2.05, 4.69) is 0 Å². The third-order valence-electron chi connectivity index (χ3n) is 3.12. The van der Waals surface area contributed by atoms with Gasteiger partial charge in [-0.1, -0.05) is 24.3 Å². The number of fused-ring (bicyclic) bond motifs is 1. The normalized spacial score (nSPS) is 11.8. The van der Waals surface area contributed by atoms with Crippen LogP contribution < -0.4 is 4.74 Å². The number of alkyl halides is 3. The quantitative estimate of drug-likeness (QED) is 0.675.